The van der Waals surface area contributed by atoms with Gasteiger partial charge in [-0.3, -0.25) is 0 Å². The second-order valence-electron chi connectivity index (χ2n) is 3.35. The molecule has 1 aromatic heterocycles. The van der Waals surface area contributed by atoms with Gasteiger partial charge in [-0.05, 0) is 28.4 Å². The maximum atomic E-state index is 11.6. The first kappa shape index (κ1) is 11.1. The smallest absolute Gasteiger partial charge is 0.279 e. The summed E-state index contributed by atoms with van der Waals surface area (Å²) >= 11 is 3.18. The zero-order valence-electron chi connectivity index (χ0n) is 7.94. The Bertz CT molecular complexity index is 442. The topological polar surface area (TPSA) is 62.6 Å². The molecule has 1 aliphatic heterocycles. The quantitative estimate of drug-likeness (QED) is 0.888. The lowest BCUT2D eigenvalue weighted by atomic mass is 10.3. The van der Waals surface area contributed by atoms with Gasteiger partial charge in [0.2, 0.25) is 0 Å². The molecule has 2 rings (SSSR count). The van der Waals surface area contributed by atoms with Crippen LogP contribution >= 0.6 is 15.9 Å². The van der Waals surface area contributed by atoms with Crippen LogP contribution in [0.4, 0.5) is 0 Å². The van der Waals surface area contributed by atoms with E-state index in [0.717, 1.165) is 12.0 Å². The maximum Gasteiger partial charge on any atom is 0.279 e. The number of hydrogen-bond acceptors (Lipinski definition) is 3. The fourth-order valence-electron chi connectivity index (χ4n) is 1.46. The molecule has 0 amide bonds. The third kappa shape index (κ3) is 2.60. The minimum atomic E-state index is -3.29. The number of nitrogens with zero attached hydrogens (tertiary/aromatic N) is 1. The largest absolute Gasteiger partial charge is 0.457 e. The van der Waals surface area contributed by atoms with Gasteiger partial charge in [-0.25, -0.2) is 4.72 Å². The van der Waals surface area contributed by atoms with Gasteiger partial charge in [-0.2, -0.15) is 12.7 Å². The van der Waals surface area contributed by atoms with Crippen molar-refractivity contribution in [1.82, 2.24) is 9.03 Å². The molecule has 0 radical (unpaired) electrons. The van der Waals surface area contributed by atoms with Crippen molar-refractivity contribution in [2.24, 2.45) is 0 Å². The van der Waals surface area contributed by atoms with Crippen molar-refractivity contribution in [3.05, 3.63) is 22.6 Å². The first-order valence-electron chi connectivity index (χ1n) is 4.55. The molecule has 15 heavy (non-hydrogen) atoms. The van der Waals surface area contributed by atoms with Crippen molar-refractivity contribution in [3.8, 4) is 0 Å². The van der Waals surface area contributed by atoms with Crippen LogP contribution < -0.4 is 4.72 Å². The minimum absolute atomic E-state index is 0.352. The molecule has 1 aromatic rings. The molecule has 1 saturated heterocycles. The van der Waals surface area contributed by atoms with Crippen LogP contribution in [0.5, 0.6) is 0 Å². The highest BCUT2D eigenvalue weighted by Crippen LogP contribution is 2.17. The monoisotopic (exact) mass is 294 g/mol. The summed E-state index contributed by atoms with van der Waals surface area (Å²) in [7, 11) is -3.29. The van der Waals surface area contributed by atoms with Gasteiger partial charge < -0.3 is 4.42 Å². The second-order valence-corrected chi connectivity index (χ2v) is 5.88. The highest BCUT2D eigenvalue weighted by Gasteiger charge is 2.25. The van der Waals surface area contributed by atoms with Crippen LogP contribution in [0.3, 0.4) is 0 Å². The minimum Gasteiger partial charge on any atom is -0.457 e. The lowest BCUT2D eigenvalue weighted by molar-refractivity contribution is 0.368. The molecular formula is C8H11BrN2O3S. The van der Waals surface area contributed by atoms with Gasteiger partial charge in [0.25, 0.3) is 10.2 Å². The Kier molecular flexibility index (Phi) is 3.15. The molecule has 7 heteroatoms. The van der Waals surface area contributed by atoms with E-state index in [1.165, 1.54) is 4.31 Å². The molecule has 5 nitrogen and oxygen atoms in total. The number of halogens is 1. The summed E-state index contributed by atoms with van der Waals surface area (Å²) in [6.45, 7) is 1.43. The van der Waals surface area contributed by atoms with E-state index in [1.807, 2.05) is 0 Å². The summed E-state index contributed by atoms with van der Waals surface area (Å²) in [6, 6.07) is 1.77. The van der Waals surface area contributed by atoms with E-state index in [2.05, 4.69) is 20.7 Å². The van der Waals surface area contributed by atoms with Crippen LogP contribution in [0.25, 0.3) is 0 Å². The van der Waals surface area contributed by atoms with Crippen LogP contribution in [0.2, 0.25) is 0 Å². The summed E-state index contributed by atoms with van der Waals surface area (Å²) in [4.78, 5) is 0. The zero-order chi connectivity index (χ0) is 10.9. The molecule has 84 valence electrons. The van der Waals surface area contributed by atoms with Crippen molar-refractivity contribution >= 4 is 26.1 Å². The van der Waals surface area contributed by atoms with Crippen molar-refractivity contribution in [1.29, 1.82) is 0 Å². The lowest BCUT2D eigenvalue weighted by Crippen LogP contribution is -2.46. The van der Waals surface area contributed by atoms with E-state index in [1.54, 1.807) is 12.3 Å². The van der Waals surface area contributed by atoms with E-state index in [4.69, 9.17) is 4.42 Å². The van der Waals surface area contributed by atoms with Crippen LogP contribution in [0, 0.1) is 0 Å². The van der Waals surface area contributed by atoms with Crippen molar-refractivity contribution in [2.75, 3.05) is 13.1 Å². The molecule has 0 bridgehead atoms. The van der Waals surface area contributed by atoms with Gasteiger partial charge >= 0.3 is 0 Å². The molecule has 1 fully saturated rings. The van der Waals surface area contributed by atoms with Crippen molar-refractivity contribution in [3.63, 3.8) is 0 Å². The number of furan rings is 1. The van der Waals surface area contributed by atoms with E-state index >= 15 is 0 Å². The fraction of sp³-hybridized carbons (Fsp3) is 0.500. The van der Waals surface area contributed by atoms with E-state index in [-0.39, 0.29) is 0 Å². The van der Waals surface area contributed by atoms with Gasteiger partial charge in [0.05, 0.1) is 6.26 Å². The average Bonchev–Trinajstić information content (AvgIpc) is 2.55. The second kappa shape index (κ2) is 4.25. The van der Waals surface area contributed by atoms with Gasteiger partial charge in [0.1, 0.15) is 0 Å². The zero-order valence-corrected chi connectivity index (χ0v) is 10.3. The highest BCUT2D eigenvalue weighted by molar-refractivity contribution is 9.10. The Hall–Kier alpha value is -0.370. The number of hydrogen-bond donors (Lipinski definition) is 1. The summed E-state index contributed by atoms with van der Waals surface area (Å²) in [6.07, 6.45) is 2.38. The molecule has 0 unspecified atom stereocenters. The van der Waals surface area contributed by atoms with Gasteiger partial charge in [0, 0.05) is 25.2 Å². The molecular weight excluding hydrogens is 284 g/mol. The van der Waals surface area contributed by atoms with Gasteiger partial charge in [0.15, 0.2) is 4.67 Å². The van der Waals surface area contributed by atoms with Crippen molar-refractivity contribution < 1.29 is 12.8 Å². The third-order valence-corrected chi connectivity index (χ3v) is 4.17. The SMILES string of the molecule is O=S1(=O)NCCCN1Cc1coc(Br)c1. The Morgan fingerprint density at radius 1 is 1.60 bits per heavy atom. The molecule has 2 heterocycles. The third-order valence-electron chi connectivity index (χ3n) is 2.19. The summed E-state index contributed by atoms with van der Waals surface area (Å²) in [5.41, 5.74) is 0.842. The molecule has 0 aliphatic carbocycles. The van der Waals surface area contributed by atoms with E-state index in [9.17, 15) is 8.42 Å². The predicted molar refractivity (Wildman–Crippen MR) is 58.4 cm³/mol. The summed E-state index contributed by atoms with van der Waals surface area (Å²) < 4.78 is 32.7. The fourth-order valence-corrected chi connectivity index (χ4v) is 3.13. The number of nitrogens with one attached hydrogen (secondary N) is 1. The van der Waals surface area contributed by atoms with E-state index in [0.29, 0.717) is 24.3 Å². The van der Waals surface area contributed by atoms with Crippen LogP contribution in [0.15, 0.2) is 21.4 Å². The van der Waals surface area contributed by atoms with Gasteiger partial charge in [-0.15, -0.1) is 0 Å². The predicted octanol–water partition coefficient (Wildman–Crippen LogP) is 1.08. The van der Waals surface area contributed by atoms with Crippen LogP contribution in [-0.4, -0.2) is 25.8 Å². The van der Waals surface area contributed by atoms with Crippen molar-refractivity contribution in [2.45, 2.75) is 13.0 Å². The molecule has 1 aliphatic rings. The Morgan fingerprint density at radius 3 is 3.00 bits per heavy atom. The Morgan fingerprint density at radius 2 is 2.40 bits per heavy atom. The Balaban J connectivity index is 2.11. The number of rotatable bonds is 2. The molecule has 0 spiro atoms. The normalized spacial score (nSPS) is 21.7. The van der Waals surface area contributed by atoms with Crippen LogP contribution in [0.1, 0.15) is 12.0 Å². The lowest BCUT2D eigenvalue weighted by Gasteiger charge is -2.26. The van der Waals surface area contributed by atoms with Gasteiger partial charge in [-0.1, -0.05) is 0 Å². The summed E-state index contributed by atoms with van der Waals surface area (Å²) in [5, 5.41) is 0. The maximum absolute atomic E-state index is 11.6. The standard InChI is InChI=1S/C8H11BrN2O3S/c9-8-4-7(6-14-8)5-11-3-1-2-10-15(11,12)13/h4,6,10H,1-3,5H2. The molecule has 1 N–H and O–H groups in total. The molecule has 0 saturated carbocycles. The average molecular weight is 295 g/mol. The van der Waals surface area contributed by atoms with Crippen LogP contribution in [-0.2, 0) is 16.8 Å². The first-order chi connectivity index (χ1) is 7.08. The molecule has 0 aromatic carbocycles. The summed E-state index contributed by atoms with van der Waals surface area (Å²) in [5.74, 6) is 0. The highest BCUT2D eigenvalue weighted by atomic mass is 79.9. The first-order valence-corrected chi connectivity index (χ1v) is 6.79. The van der Waals surface area contributed by atoms with E-state index < -0.39 is 10.2 Å². The Labute approximate surface area is 96.8 Å². The molecule has 0 atom stereocenters.